The second kappa shape index (κ2) is 11.3. The van der Waals surface area contributed by atoms with Gasteiger partial charge in [-0.05, 0) is 51.0 Å². The molecule has 156 valence electrons. The van der Waals surface area contributed by atoms with Gasteiger partial charge in [-0.2, -0.15) is 0 Å². The fourth-order valence-corrected chi connectivity index (χ4v) is 3.95. The third-order valence-electron chi connectivity index (χ3n) is 5.46. The van der Waals surface area contributed by atoms with Gasteiger partial charge in [-0.1, -0.05) is 74.4 Å². The molecule has 0 saturated heterocycles. The fraction of sp³-hybridized carbons (Fsp3) is 0.385. The van der Waals surface area contributed by atoms with Gasteiger partial charge in [0.1, 0.15) is 0 Å². The molecule has 1 heterocycles. The van der Waals surface area contributed by atoms with E-state index in [4.69, 9.17) is 0 Å². The summed E-state index contributed by atoms with van der Waals surface area (Å²) in [5, 5.41) is 0. The van der Waals surface area contributed by atoms with Crippen LogP contribution in [0.4, 0.5) is 0 Å². The molecule has 2 aromatic carbocycles. The minimum absolute atomic E-state index is 0. The monoisotopic (exact) mass is 430 g/mol. The Balaban J connectivity index is 0.00000300. The molecule has 2 aromatic rings. The molecule has 0 atom stereocenters. The van der Waals surface area contributed by atoms with Crippen LogP contribution in [-0.2, 0) is 16.5 Å². The van der Waals surface area contributed by atoms with E-state index in [1.54, 1.807) is 0 Å². The number of nitrogens with zero attached hydrogens (tertiary/aromatic N) is 2. The van der Waals surface area contributed by atoms with Gasteiger partial charge in [0, 0.05) is 39.3 Å². The topological polar surface area (TPSA) is 25.3 Å². The normalized spacial score (nSPS) is 13.5. The Kier molecular flexibility index (Phi) is 9.05. The van der Waals surface area contributed by atoms with Crippen molar-refractivity contribution in [3.8, 4) is 0 Å². The first-order valence-corrected chi connectivity index (χ1v) is 10.7. The molecule has 1 aliphatic rings. The number of unbranched alkanes of at least 4 members (excludes halogenated alkanes) is 5. The van der Waals surface area contributed by atoms with E-state index in [0.717, 1.165) is 28.9 Å². The maximum atomic E-state index is 11.1. The molecule has 0 bridgehead atoms. The standard InChI is InChI=1S/C26H32N2.Ni/c1-4-5-6-7-8-9-14-24-19-25(22-15-10-12-20(2)17-22)28(27)26(24)23-16-11-13-21(3)18-23;/h10-13,15-19H,4-9,14H2,1-3H3;. The van der Waals surface area contributed by atoms with E-state index in [-0.39, 0.29) is 16.5 Å². The molecular formula is C26H32N2Ni. The average Bonchev–Trinajstić information content (AvgIpc) is 3.01. The van der Waals surface area contributed by atoms with E-state index in [2.05, 4.69) is 75.4 Å². The zero-order valence-electron chi connectivity index (χ0n) is 17.9. The van der Waals surface area contributed by atoms with Crippen LogP contribution in [0.25, 0.3) is 16.9 Å². The van der Waals surface area contributed by atoms with Crippen molar-refractivity contribution in [3.05, 3.63) is 88.0 Å². The van der Waals surface area contributed by atoms with Gasteiger partial charge in [0.2, 0.25) is 11.4 Å². The summed E-state index contributed by atoms with van der Waals surface area (Å²) in [5.74, 6) is 0. The summed E-state index contributed by atoms with van der Waals surface area (Å²) >= 11 is 0. The molecule has 0 saturated carbocycles. The first-order valence-electron chi connectivity index (χ1n) is 10.7. The third kappa shape index (κ3) is 6.00. The molecule has 0 amide bonds. The smallest absolute Gasteiger partial charge is 0.210 e. The van der Waals surface area contributed by atoms with E-state index in [0.29, 0.717) is 0 Å². The van der Waals surface area contributed by atoms with Gasteiger partial charge in [0.25, 0.3) is 0 Å². The van der Waals surface area contributed by atoms with Crippen molar-refractivity contribution in [2.24, 2.45) is 0 Å². The molecule has 3 rings (SSSR count). The predicted molar refractivity (Wildman–Crippen MR) is 119 cm³/mol. The van der Waals surface area contributed by atoms with E-state index >= 15 is 0 Å². The Labute approximate surface area is 186 Å². The van der Waals surface area contributed by atoms with Crippen molar-refractivity contribution in [1.82, 2.24) is 0 Å². The van der Waals surface area contributed by atoms with Crippen molar-refractivity contribution in [1.29, 1.82) is 0 Å². The van der Waals surface area contributed by atoms with Crippen LogP contribution in [0.3, 0.4) is 0 Å². The van der Waals surface area contributed by atoms with Gasteiger partial charge in [0.05, 0.1) is 0 Å². The van der Waals surface area contributed by atoms with Crippen molar-refractivity contribution >= 4 is 11.4 Å². The SMILES string of the molecule is CCCCCCCCC1=C(c2cccc(C)c2)[N+](=[N-])C(c2cccc(C)c2)=C1.[Ni]. The van der Waals surface area contributed by atoms with Gasteiger partial charge in [-0.25, -0.2) is 4.70 Å². The summed E-state index contributed by atoms with van der Waals surface area (Å²) in [5.41, 5.74) is 18.7. The summed E-state index contributed by atoms with van der Waals surface area (Å²) in [6.07, 6.45) is 10.8. The van der Waals surface area contributed by atoms with Crippen LogP contribution < -0.4 is 0 Å². The Morgan fingerprint density at radius 3 is 2.03 bits per heavy atom. The third-order valence-corrected chi connectivity index (χ3v) is 5.46. The second-order valence-electron chi connectivity index (χ2n) is 7.97. The van der Waals surface area contributed by atoms with E-state index < -0.39 is 0 Å². The van der Waals surface area contributed by atoms with Crippen LogP contribution in [0.1, 0.15) is 74.1 Å². The number of aryl methyl sites for hydroxylation is 2. The Morgan fingerprint density at radius 2 is 1.38 bits per heavy atom. The Morgan fingerprint density at radius 1 is 0.793 bits per heavy atom. The van der Waals surface area contributed by atoms with Crippen molar-refractivity contribution in [2.75, 3.05) is 0 Å². The van der Waals surface area contributed by atoms with Gasteiger partial charge in [-0.15, -0.1) is 0 Å². The zero-order chi connectivity index (χ0) is 19.9. The summed E-state index contributed by atoms with van der Waals surface area (Å²) in [7, 11) is 0. The van der Waals surface area contributed by atoms with Gasteiger partial charge >= 0.3 is 0 Å². The minimum atomic E-state index is 0. The Bertz CT molecular complexity index is 908. The van der Waals surface area contributed by atoms with E-state index in [1.165, 1.54) is 59.9 Å². The molecular weight excluding hydrogens is 399 g/mol. The molecule has 0 unspecified atom stereocenters. The predicted octanol–water partition coefficient (Wildman–Crippen LogP) is 7.85. The van der Waals surface area contributed by atoms with Crippen LogP contribution in [0.5, 0.6) is 0 Å². The summed E-state index contributed by atoms with van der Waals surface area (Å²) in [4.78, 5) is 0. The van der Waals surface area contributed by atoms with Crippen LogP contribution in [0, 0.1) is 13.8 Å². The first-order chi connectivity index (χ1) is 13.6. The molecule has 0 aromatic heterocycles. The van der Waals surface area contributed by atoms with E-state index in [9.17, 15) is 5.53 Å². The molecule has 0 spiro atoms. The van der Waals surface area contributed by atoms with Crippen LogP contribution >= 0.6 is 0 Å². The van der Waals surface area contributed by atoms with Crippen LogP contribution in [-0.4, -0.2) is 4.70 Å². The number of allylic oxidation sites excluding steroid dienone is 2. The van der Waals surface area contributed by atoms with Crippen molar-refractivity contribution in [2.45, 2.75) is 65.7 Å². The molecule has 3 heteroatoms. The average molecular weight is 431 g/mol. The molecule has 29 heavy (non-hydrogen) atoms. The van der Waals surface area contributed by atoms with Gasteiger partial charge in [0.15, 0.2) is 0 Å². The number of hydrogen-bond donors (Lipinski definition) is 0. The molecule has 0 fully saturated rings. The summed E-state index contributed by atoms with van der Waals surface area (Å²) in [6, 6.07) is 16.8. The van der Waals surface area contributed by atoms with Crippen molar-refractivity contribution in [3.63, 3.8) is 0 Å². The molecule has 0 radical (unpaired) electrons. The van der Waals surface area contributed by atoms with Crippen molar-refractivity contribution < 1.29 is 21.2 Å². The maximum absolute atomic E-state index is 11.1. The maximum Gasteiger partial charge on any atom is 0.210 e. The zero-order valence-corrected chi connectivity index (χ0v) is 18.8. The second-order valence-corrected chi connectivity index (χ2v) is 7.97. The molecule has 0 N–H and O–H groups in total. The quantitative estimate of drug-likeness (QED) is 0.220. The largest absolute Gasteiger partial charge is 0.493 e. The van der Waals surface area contributed by atoms with Crippen LogP contribution in [0.2, 0.25) is 0 Å². The summed E-state index contributed by atoms with van der Waals surface area (Å²) in [6.45, 7) is 6.45. The van der Waals surface area contributed by atoms with E-state index in [1.807, 2.05) is 0 Å². The van der Waals surface area contributed by atoms with Crippen LogP contribution in [0.15, 0.2) is 60.2 Å². The number of benzene rings is 2. The minimum Gasteiger partial charge on any atom is -0.493 e. The molecule has 1 aliphatic heterocycles. The van der Waals surface area contributed by atoms with Gasteiger partial charge in [-0.3, -0.25) is 0 Å². The fourth-order valence-electron chi connectivity index (χ4n) is 3.95. The molecule has 2 nitrogen and oxygen atoms in total. The first kappa shape index (κ1) is 23.3. The Hall–Kier alpha value is -1.99. The number of rotatable bonds is 9. The number of hydrogen-bond acceptors (Lipinski definition) is 0. The summed E-state index contributed by atoms with van der Waals surface area (Å²) < 4.78 is 1.40. The van der Waals surface area contributed by atoms with Gasteiger partial charge < -0.3 is 5.53 Å². The molecule has 0 aliphatic carbocycles.